The van der Waals surface area contributed by atoms with Crippen LogP contribution in [0.25, 0.3) is 0 Å². The number of aliphatic hydroxyl groups is 3. The van der Waals surface area contributed by atoms with Gasteiger partial charge in [0.2, 0.25) is 12.2 Å². The summed E-state index contributed by atoms with van der Waals surface area (Å²) in [5, 5.41) is 42.2. The Morgan fingerprint density at radius 2 is 1.85 bits per heavy atom. The highest BCUT2D eigenvalue weighted by molar-refractivity contribution is 5.92. The van der Waals surface area contributed by atoms with Crippen molar-refractivity contribution in [2.75, 3.05) is 32.0 Å². The molecule has 184 valence electrons. The number of amides is 1. The number of rotatable bonds is 8. The van der Waals surface area contributed by atoms with Gasteiger partial charge < -0.3 is 45.4 Å². The zero-order valence-corrected chi connectivity index (χ0v) is 18.7. The SMILES string of the molecule is C[N+]1(Cc2ccc(O[C@@H]3O[C@H](C(=O)O)[C@@H](O)[C@H](O)[C@H]3O)c(NC(=O)CCN)c2)CCCCC1. The molecule has 0 unspecified atom stereocenters. The number of carboxylic acids is 1. The lowest BCUT2D eigenvalue weighted by molar-refractivity contribution is -0.926. The molecule has 7 N–H and O–H groups in total. The Labute approximate surface area is 192 Å². The van der Waals surface area contributed by atoms with Crippen molar-refractivity contribution in [3.63, 3.8) is 0 Å². The Hall–Kier alpha value is -2.28. The van der Waals surface area contributed by atoms with Crippen LogP contribution in [0.1, 0.15) is 31.2 Å². The summed E-state index contributed by atoms with van der Waals surface area (Å²) in [6.07, 6.45) is -5.05. The van der Waals surface area contributed by atoms with Gasteiger partial charge in [-0.3, -0.25) is 4.79 Å². The van der Waals surface area contributed by atoms with Gasteiger partial charge in [-0.1, -0.05) is 0 Å². The van der Waals surface area contributed by atoms with Gasteiger partial charge in [0.1, 0.15) is 30.6 Å². The first kappa shape index (κ1) is 25.3. The molecule has 11 nitrogen and oxygen atoms in total. The normalized spacial score (nSPS) is 29.3. The van der Waals surface area contributed by atoms with E-state index in [1.165, 1.54) is 6.42 Å². The van der Waals surface area contributed by atoms with Gasteiger partial charge in [0.25, 0.3) is 0 Å². The molecule has 0 radical (unpaired) electrons. The number of hydrogen-bond donors (Lipinski definition) is 6. The van der Waals surface area contributed by atoms with E-state index >= 15 is 0 Å². The number of carbonyl (C=O) groups excluding carboxylic acids is 1. The molecule has 2 aliphatic rings. The zero-order chi connectivity index (χ0) is 24.2. The second-order valence-corrected chi connectivity index (χ2v) is 9.06. The van der Waals surface area contributed by atoms with Gasteiger partial charge in [0, 0.05) is 18.5 Å². The van der Waals surface area contributed by atoms with Gasteiger partial charge in [-0.15, -0.1) is 0 Å². The van der Waals surface area contributed by atoms with Gasteiger partial charge in [-0.2, -0.15) is 0 Å². The van der Waals surface area contributed by atoms with E-state index in [9.17, 15) is 30.0 Å². The fraction of sp³-hybridized carbons (Fsp3) is 0.636. The summed E-state index contributed by atoms with van der Waals surface area (Å²) in [4.78, 5) is 23.6. The number of ether oxygens (including phenoxy) is 2. The topological polar surface area (TPSA) is 172 Å². The van der Waals surface area contributed by atoms with Gasteiger partial charge in [-0.05, 0) is 37.5 Å². The molecule has 33 heavy (non-hydrogen) atoms. The first-order valence-corrected chi connectivity index (χ1v) is 11.2. The molecule has 1 amide bonds. The van der Waals surface area contributed by atoms with Crippen LogP contribution in [-0.4, -0.2) is 94.2 Å². The predicted molar refractivity (Wildman–Crippen MR) is 117 cm³/mol. The molecular formula is C22H34N3O8+. The molecule has 1 aromatic rings. The van der Waals surface area contributed by atoms with Crippen molar-refractivity contribution in [1.82, 2.24) is 0 Å². The number of hydrogen-bond acceptors (Lipinski definition) is 8. The lowest BCUT2D eigenvalue weighted by Gasteiger charge is -2.39. The lowest BCUT2D eigenvalue weighted by atomic mass is 9.99. The van der Waals surface area contributed by atoms with E-state index in [0.717, 1.165) is 42.5 Å². The van der Waals surface area contributed by atoms with Crippen LogP contribution in [0.3, 0.4) is 0 Å². The summed E-state index contributed by atoms with van der Waals surface area (Å²) in [5.41, 5.74) is 6.77. The molecule has 2 aliphatic heterocycles. The maximum Gasteiger partial charge on any atom is 0.335 e. The third-order valence-electron chi connectivity index (χ3n) is 6.21. The largest absolute Gasteiger partial charge is 0.479 e. The monoisotopic (exact) mass is 468 g/mol. The van der Waals surface area contributed by atoms with E-state index in [2.05, 4.69) is 12.4 Å². The molecule has 0 aromatic heterocycles. The van der Waals surface area contributed by atoms with E-state index in [0.29, 0.717) is 5.69 Å². The number of piperidine rings is 1. The van der Waals surface area contributed by atoms with Gasteiger partial charge in [0.15, 0.2) is 6.10 Å². The molecule has 3 rings (SSSR count). The van der Waals surface area contributed by atoms with Crippen LogP contribution in [-0.2, 0) is 20.9 Å². The Morgan fingerprint density at radius 3 is 2.48 bits per heavy atom. The maximum absolute atomic E-state index is 12.2. The molecule has 0 spiro atoms. The highest BCUT2D eigenvalue weighted by Gasteiger charge is 2.48. The minimum Gasteiger partial charge on any atom is -0.479 e. The van der Waals surface area contributed by atoms with Crippen LogP contribution >= 0.6 is 0 Å². The van der Waals surface area contributed by atoms with Gasteiger partial charge in [0.05, 0.1) is 25.8 Å². The van der Waals surface area contributed by atoms with Crippen molar-refractivity contribution in [2.24, 2.45) is 5.73 Å². The molecule has 0 aliphatic carbocycles. The molecule has 2 saturated heterocycles. The Bertz CT molecular complexity index is 845. The minimum absolute atomic E-state index is 0.0893. The van der Waals surface area contributed by atoms with Crippen molar-refractivity contribution in [3.05, 3.63) is 23.8 Å². The molecule has 0 saturated carbocycles. The Balaban J connectivity index is 1.84. The Kier molecular flexibility index (Phi) is 8.27. The van der Waals surface area contributed by atoms with Crippen molar-refractivity contribution in [3.8, 4) is 5.75 Å². The molecule has 0 bridgehead atoms. The van der Waals surface area contributed by atoms with Crippen molar-refractivity contribution < 1.29 is 44.0 Å². The number of quaternary nitrogens is 1. The van der Waals surface area contributed by atoms with Crippen LogP contribution < -0.4 is 15.8 Å². The summed E-state index contributed by atoms with van der Waals surface area (Å²) in [6, 6.07) is 5.21. The minimum atomic E-state index is -1.82. The van der Waals surface area contributed by atoms with Gasteiger partial charge >= 0.3 is 5.97 Å². The van der Waals surface area contributed by atoms with Crippen LogP contribution in [0.5, 0.6) is 5.75 Å². The fourth-order valence-corrected chi connectivity index (χ4v) is 4.37. The number of nitrogens with one attached hydrogen (secondary N) is 1. The summed E-state index contributed by atoms with van der Waals surface area (Å²) < 4.78 is 11.8. The van der Waals surface area contributed by atoms with E-state index < -0.39 is 36.7 Å². The number of anilines is 1. The average molecular weight is 469 g/mol. The zero-order valence-electron chi connectivity index (χ0n) is 18.7. The van der Waals surface area contributed by atoms with E-state index in [4.69, 9.17) is 15.2 Å². The van der Waals surface area contributed by atoms with Crippen LogP contribution in [0.15, 0.2) is 18.2 Å². The molecule has 2 fully saturated rings. The standard InChI is InChI=1S/C22H33N3O8/c1-25(9-3-2-4-10-25)12-13-5-6-15(14(11-13)24-16(26)7-8-23)32-22-19(29)17(27)18(28)20(33-22)21(30)31/h5-6,11,17-20,22,27-29H,2-4,7-10,12,23H2,1H3,(H-,24,26,30,31)/p+1/t17-,18-,19+,20-,22+/m0/s1. The third-order valence-corrected chi connectivity index (χ3v) is 6.21. The number of carboxylic acid groups (broad SMARTS) is 1. The number of benzene rings is 1. The number of nitrogens with zero attached hydrogens (tertiary/aromatic N) is 1. The van der Waals surface area contributed by atoms with Crippen LogP contribution in [0.2, 0.25) is 0 Å². The number of carbonyl (C=O) groups is 2. The maximum atomic E-state index is 12.2. The summed E-state index contributed by atoms with van der Waals surface area (Å²) in [6.45, 7) is 3.04. The molecule has 2 heterocycles. The van der Waals surface area contributed by atoms with Crippen LogP contribution in [0.4, 0.5) is 5.69 Å². The van der Waals surface area contributed by atoms with Crippen molar-refractivity contribution in [2.45, 2.75) is 62.9 Å². The number of aliphatic hydroxyl groups excluding tert-OH is 3. The second kappa shape index (κ2) is 10.8. The highest BCUT2D eigenvalue weighted by atomic mass is 16.7. The summed E-state index contributed by atoms with van der Waals surface area (Å²) >= 11 is 0. The van der Waals surface area contributed by atoms with E-state index in [-0.39, 0.29) is 24.6 Å². The summed E-state index contributed by atoms with van der Waals surface area (Å²) in [7, 11) is 2.20. The Morgan fingerprint density at radius 1 is 1.15 bits per heavy atom. The third kappa shape index (κ3) is 6.19. The van der Waals surface area contributed by atoms with E-state index in [1.807, 2.05) is 6.07 Å². The quantitative estimate of drug-likeness (QED) is 0.272. The van der Waals surface area contributed by atoms with E-state index in [1.54, 1.807) is 12.1 Å². The molecular weight excluding hydrogens is 434 g/mol. The fourth-order valence-electron chi connectivity index (χ4n) is 4.37. The first-order chi connectivity index (χ1) is 15.6. The summed E-state index contributed by atoms with van der Waals surface area (Å²) in [5.74, 6) is -1.71. The number of nitrogens with two attached hydrogens (primary N) is 1. The van der Waals surface area contributed by atoms with Crippen LogP contribution in [0, 0.1) is 0 Å². The molecule has 5 atom stereocenters. The molecule has 1 aromatic carbocycles. The van der Waals surface area contributed by atoms with Crippen molar-refractivity contribution in [1.29, 1.82) is 0 Å². The highest BCUT2D eigenvalue weighted by Crippen LogP contribution is 2.32. The van der Waals surface area contributed by atoms with Crippen molar-refractivity contribution >= 4 is 17.6 Å². The smallest absolute Gasteiger partial charge is 0.335 e. The second-order valence-electron chi connectivity index (χ2n) is 9.06. The van der Waals surface area contributed by atoms with Gasteiger partial charge in [-0.25, -0.2) is 4.79 Å². The average Bonchev–Trinajstić information content (AvgIpc) is 2.75. The first-order valence-electron chi connectivity index (χ1n) is 11.2. The lowest BCUT2D eigenvalue weighted by Crippen LogP contribution is -2.61. The number of aliphatic carboxylic acids is 1. The predicted octanol–water partition coefficient (Wildman–Crippen LogP) is -0.625. The molecule has 11 heteroatoms. The number of likely N-dealkylation sites (tertiary alicyclic amines) is 1.